The molecule has 18 heavy (non-hydrogen) atoms. The van der Waals surface area contributed by atoms with Crippen molar-refractivity contribution in [1.82, 2.24) is 14.8 Å². The highest BCUT2D eigenvalue weighted by atomic mass is 16.2. The van der Waals surface area contributed by atoms with Gasteiger partial charge in [0.1, 0.15) is 0 Å². The molecule has 0 aromatic rings. The number of likely N-dealkylation sites (tertiary alicyclic amines) is 1. The van der Waals surface area contributed by atoms with Crippen molar-refractivity contribution in [2.45, 2.75) is 31.7 Å². The highest BCUT2D eigenvalue weighted by molar-refractivity contribution is 5.79. The number of carbonyl (C=O) groups is 1. The summed E-state index contributed by atoms with van der Waals surface area (Å²) in [5.74, 6) is 6.21. The predicted octanol–water partition coefficient (Wildman–Crippen LogP) is 0.125. The number of amides is 1. The number of nitrogens with two attached hydrogens (primary N) is 1. The Morgan fingerprint density at radius 3 is 2.50 bits per heavy atom. The molecule has 0 aromatic heterocycles. The van der Waals surface area contributed by atoms with Crippen molar-refractivity contribution >= 4 is 5.91 Å². The molecule has 1 atom stereocenters. The molecule has 2 heterocycles. The first kappa shape index (κ1) is 13.8. The van der Waals surface area contributed by atoms with Crippen molar-refractivity contribution in [2.24, 2.45) is 11.8 Å². The van der Waals surface area contributed by atoms with Crippen molar-refractivity contribution in [3.63, 3.8) is 0 Å². The Balaban J connectivity index is 1.87. The van der Waals surface area contributed by atoms with Crippen LogP contribution in [0.5, 0.6) is 0 Å². The summed E-state index contributed by atoms with van der Waals surface area (Å²) in [4.78, 5) is 16.8. The van der Waals surface area contributed by atoms with Gasteiger partial charge in [0.05, 0.1) is 5.92 Å². The van der Waals surface area contributed by atoms with E-state index in [-0.39, 0.29) is 5.92 Å². The van der Waals surface area contributed by atoms with Crippen LogP contribution in [0.2, 0.25) is 0 Å². The maximum Gasteiger partial charge on any atom is 0.227 e. The van der Waals surface area contributed by atoms with Gasteiger partial charge in [0.15, 0.2) is 0 Å². The Morgan fingerprint density at radius 2 is 1.89 bits per heavy atom. The predicted molar refractivity (Wildman–Crippen MR) is 71.8 cm³/mol. The smallest absolute Gasteiger partial charge is 0.227 e. The Labute approximate surface area is 110 Å². The van der Waals surface area contributed by atoms with Crippen molar-refractivity contribution < 1.29 is 4.79 Å². The van der Waals surface area contributed by atoms with Crippen LogP contribution in [0.3, 0.4) is 0 Å². The Hall–Kier alpha value is -0.650. The van der Waals surface area contributed by atoms with E-state index in [0.717, 1.165) is 51.9 Å². The lowest BCUT2D eigenvalue weighted by molar-refractivity contribution is -0.139. The summed E-state index contributed by atoms with van der Waals surface area (Å²) >= 11 is 0. The zero-order chi connectivity index (χ0) is 13.1. The number of nitrogens with zero attached hydrogens (tertiary/aromatic N) is 3. The fourth-order valence-electron chi connectivity index (χ4n) is 3.06. The van der Waals surface area contributed by atoms with Gasteiger partial charge in [-0.2, -0.15) is 0 Å². The number of hydrogen-bond acceptors (Lipinski definition) is 4. The largest absolute Gasteiger partial charge is 0.342 e. The van der Waals surface area contributed by atoms with Gasteiger partial charge in [-0.15, -0.1) is 0 Å². The third kappa shape index (κ3) is 3.22. The second-order valence-corrected chi connectivity index (χ2v) is 5.82. The molecule has 2 rings (SSSR count). The average Bonchev–Trinajstić information content (AvgIpc) is 2.38. The van der Waals surface area contributed by atoms with E-state index >= 15 is 0 Å². The molecule has 2 saturated heterocycles. The Bertz CT molecular complexity index is 289. The number of carbonyl (C=O) groups excluding carboxylic acids is 1. The normalized spacial score (nSPS) is 28.3. The van der Waals surface area contributed by atoms with Crippen LogP contribution >= 0.6 is 0 Å². The van der Waals surface area contributed by atoms with E-state index in [9.17, 15) is 4.79 Å². The summed E-state index contributed by atoms with van der Waals surface area (Å²) in [6.07, 6.45) is 4.22. The summed E-state index contributed by atoms with van der Waals surface area (Å²) in [6, 6.07) is 0.418. The molecule has 0 radical (unpaired) electrons. The summed E-state index contributed by atoms with van der Waals surface area (Å²) in [7, 11) is 4.11. The quantitative estimate of drug-likeness (QED) is 0.712. The molecule has 2 fully saturated rings. The van der Waals surface area contributed by atoms with E-state index in [1.807, 2.05) is 11.9 Å². The Kier molecular flexibility index (Phi) is 4.59. The maximum absolute atomic E-state index is 12.5. The van der Waals surface area contributed by atoms with Crippen LogP contribution in [0.25, 0.3) is 0 Å². The van der Waals surface area contributed by atoms with Crippen LogP contribution in [-0.4, -0.2) is 67.0 Å². The zero-order valence-corrected chi connectivity index (χ0v) is 11.6. The summed E-state index contributed by atoms with van der Waals surface area (Å²) in [5.41, 5.74) is 0. The molecule has 0 unspecified atom stereocenters. The van der Waals surface area contributed by atoms with Gasteiger partial charge in [-0.25, -0.2) is 5.01 Å². The molecule has 2 aliphatic rings. The van der Waals surface area contributed by atoms with Gasteiger partial charge in [0.25, 0.3) is 0 Å². The Morgan fingerprint density at radius 1 is 1.22 bits per heavy atom. The molecular formula is C13H26N4O. The van der Waals surface area contributed by atoms with Crippen LogP contribution in [-0.2, 0) is 4.79 Å². The molecule has 0 spiro atoms. The highest BCUT2D eigenvalue weighted by Gasteiger charge is 2.31. The average molecular weight is 254 g/mol. The first-order valence-corrected chi connectivity index (χ1v) is 7.03. The van der Waals surface area contributed by atoms with Gasteiger partial charge in [-0.05, 0) is 45.8 Å². The molecular weight excluding hydrogens is 228 g/mol. The van der Waals surface area contributed by atoms with E-state index in [1.165, 1.54) is 0 Å². The maximum atomic E-state index is 12.5. The lowest BCUT2D eigenvalue weighted by Crippen LogP contribution is -2.50. The lowest BCUT2D eigenvalue weighted by atomic mass is 9.95. The van der Waals surface area contributed by atoms with Gasteiger partial charge in [-0.3, -0.25) is 10.6 Å². The van der Waals surface area contributed by atoms with Gasteiger partial charge in [0.2, 0.25) is 5.91 Å². The van der Waals surface area contributed by atoms with E-state index in [1.54, 1.807) is 5.01 Å². The lowest BCUT2D eigenvalue weighted by Gasteiger charge is -2.38. The molecule has 2 N–H and O–H groups in total. The van der Waals surface area contributed by atoms with Crippen LogP contribution in [0.4, 0.5) is 0 Å². The summed E-state index contributed by atoms with van der Waals surface area (Å²) < 4.78 is 0. The zero-order valence-electron chi connectivity index (χ0n) is 11.6. The minimum Gasteiger partial charge on any atom is -0.342 e. The fourth-order valence-corrected chi connectivity index (χ4v) is 3.06. The monoisotopic (exact) mass is 254 g/mol. The molecule has 5 nitrogen and oxygen atoms in total. The van der Waals surface area contributed by atoms with Crippen LogP contribution in [0.1, 0.15) is 25.7 Å². The SMILES string of the molecule is CN1CCC(N(C)C(=O)[C@@H]2CCCN(N)C2)CC1. The number of hydrazine groups is 1. The van der Waals surface area contributed by atoms with Crippen molar-refractivity contribution in [2.75, 3.05) is 40.3 Å². The molecule has 104 valence electrons. The number of rotatable bonds is 2. The molecule has 0 aliphatic carbocycles. The molecule has 5 heteroatoms. The molecule has 0 bridgehead atoms. The van der Waals surface area contributed by atoms with Crippen LogP contribution in [0, 0.1) is 5.92 Å². The van der Waals surface area contributed by atoms with E-state index in [2.05, 4.69) is 11.9 Å². The third-order valence-electron chi connectivity index (χ3n) is 4.39. The topological polar surface area (TPSA) is 52.8 Å². The molecule has 0 aromatic carbocycles. The van der Waals surface area contributed by atoms with Crippen molar-refractivity contribution in [3.8, 4) is 0 Å². The van der Waals surface area contributed by atoms with Gasteiger partial charge < -0.3 is 9.80 Å². The third-order valence-corrected chi connectivity index (χ3v) is 4.39. The standard InChI is InChI=1S/C13H26N4O/c1-15-8-5-12(6-9-15)16(2)13(18)11-4-3-7-17(14)10-11/h11-12H,3-10,14H2,1-2H3/t11-/m1/s1. The minimum atomic E-state index is 0.105. The molecule has 0 saturated carbocycles. The second kappa shape index (κ2) is 5.99. The van der Waals surface area contributed by atoms with Gasteiger partial charge >= 0.3 is 0 Å². The second-order valence-electron chi connectivity index (χ2n) is 5.82. The van der Waals surface area contributed by atoms with E-state index in [0.29, 0.717) is 11.9 Å². The van der Waals surface area contributed by atoms with Crippen LogP contribution < -0.4 is 5.84 Å². The highest BCUT2D eigenvalue weighted by Crippen LogP contribution is 2.21. The number of hydrogen-bond donors (Lipinski definition) is 1. The minimum absolute atomic E-state index is 0.105. The van der Waals surface area contributed by atoms with Crippen molar-refractivity contribution in [3.05, 3.63) is 0 Å². The van der Waals surface area contributed by atoms with Gasteiger partial charge in [-0.1, -0.05) is 0 Å². The van der Waals surface area contributed by atoms with Crippen LogP contribution in [0.15, 0.2) is 0 Å². The molecule has 2 aliphatic heterocycles. The summed E-state index contributed by atoms with van der Waals surface area (Å²) in [5, 5.41) is 1.79. The van der Waals surface area contributed by atoms with E-state index < -0.39 is 0 Å². The van der Waals surface area contributed by atoms with Gasteiger partial charge in [0, 0.05) is 26.2 Å². The van der Waals surface area contributed by atoms with E-state index in [4.69, 9.17) is 5.84 Å². The number of piperidine rings is 2. The fraction of sp³-hybridized carbons (Fsp3) is 0.923. The summed E-state index contributed by atoms with van der Waals surface area (Å²) in [6.45, 7) is 3.82. The first-order valence-electron chi connectivity index (χ1n) is 7.03. The molecule has 1 amide bonds. The first-order chi connectivity index (χ1) is 8.58. The van der Waals surface area contributed by atoms with Crippen molar-refractivity contribution in [1.29, 1.82) is 0 Å².